The highest BCUT2D eigenvalue weighted by Gasteiger charge is 2.13. The highest BCUT2D eigenvalue weighted by Crippen LogP contribution is 2.21. The van der Waals surface area contributed by atoms with Crippen molar-refractivity contribution >= 4 is 31.9 Å². The minimum Gasteiger partial charge on any atom is -0.380 e. The standard InChI is InChI=1S/C11H8Br2N2O/c12-9-5-1-3-7(14-9)11(16)8-4-2-6-10(13)15-8/h1-6,11,16H. The quantitative estimate of drug-likeness (QED) is 0.852. The zero-order chi connectivity index (χ0) is 11.5. The molecule has 2 aromatic heterocycles. The third-order valence-electron chi connectivity index (χ3n) is 2.03. The summed E-state index contributed by atoms with van der Waals surface area (Å²) in [5.41, 5.74) is 1.14. The van der Waals surface area contributed by atoms with Crippen LogP contribution >= 0.6 is 31.9 Å². The molecule has 0 aromatic carbocycles. The molecule has 0 radical (unpaired) electrons. The van der Waals surface area contributed by atoms with Gasteiger partial charge in [0.05, 0.1) is 11.4 Å². The van der Waals surface area contributed by atoms with E-state index < -0.39 is 6.10 Å². The summed E-state index contributed by atoms with van der Waals surface area (Å²) < 4.78 is 1.39. The Hall–Kier alpha value is -0.780. The molecule has 16 heavy (non-hydrogen) atoms. The number of halogens is 2. The Balaban J connectivity index is 2.35. The van der Waals surface area contributed by atoms with Crippen molar-refractivity contribution in [3.8, 4) is 0 Å². The average molecular weight is 344 g/mol. The molecule has 0 aliphatic carbocycles. The van der Waals surface area contributed by atoms with Gasteiger partial charge in [-0.1, -0.05) is 12.1 Å². The Bertz CT molecular complexity index is 459. The molecule has 1 N–H and O–H groups in total. The summed E-state index contributed by atoms with van der Waals surface area (Å²) in [4.78, 5) is 8.38. The monoisotopic (exact) mass is 342 g/mol. The van der Waals surface area contributed by atoms with E-state index in [4.69, 9.17) is 0 Å². The van der Waals surface area contributed by atoms with Crippen molar-refractivity contribution in [1.29, 1.82) is 0 Å². The number of aliphatic hydroxyl groups excluding tert-OH is 1. The van der Waals surface area contributed by atoms with E-state index >= 15 is 0 Å². The van der Waals surface area contributed by atoms with Crippen LogP contribution in [-0.4, -0.2) is 15.1 Å². The Morgan fingerprint density at radius 3 is 1.69 bits per heavy atom. The molecule has 82 valence electrons. The Morgan fingerprint density at radius 1 is 0.875 bits per heavy atom. The van der Waals surface area contributed by atoms with Crippen molar-refractivity contribution in [3.63, 3.8) is 0 Å². The van der Waals surface area contributed by atoms with Crippen LogP contribution in [-0.2, 0) is 0 Å². The van der Waals surface area contributed by atoms with E-state index in [1.807, 2.05) is 24.3 Å². The molecule has 2 rings (SSSR count). The second-order valence-electron chi connectivity index (χ2n) is 3.17. The summed E-state index contributed by atoms with van der Waals surface area (Å²) >= 11 is 6.53. The molecule has 0 saturated carbocycles. The Kier molecular flexibility index (Phi) is 3.68. The minimum atomic E-state index is -0.810. The molecule has 0 aliphatic heterocycles. The SMILES string of the molecule is OC(c1cccc(Br)n1)c1cccc(Br)n1. The van der Waals surface area contributed by atoms with Crippen LogP contribution in [0.2, 0.25) is 0 Å². The number of nitrogens with zero attached hydrogens (tertiary/aromatic N) is 2. The molecule has 0 atom stereocenters. The van der Waals surface area contributed by atoms with Crippen molar-refractivity contribution in [2.75, 3.05) is 0 Å². The molecule has 0 unspecified atom stereocenters. The number of rotatable bonds is 2. The Morgan fingerprint density at radius 2 is 1.31 bits per heavy atom. The molecule has 5 heteroatoms. The molecule has 0 spiro atoms. The molecule has 0 bridgehead atoms. The van der Waals surface area contributed by atoms with Gasteiger partial charge in [-0.3, -0.25) is 0 Å². The third kappa shape index (κ3) is 2.66. The van der Waals surface area contributed by atoms with Crippen molar-refractivity contribution in [1.82, 2.24) is 9.97 Å². The number of pyridine rings is 2. The Labute approximate surface area is 110 Å². The van der Waals surface area contributed by atoms with Crippen LogP contribution in [0.3, 0.4) is 0 Å². The van der Waals surface area contributed by atoms with Crippen molar-refractivity contribution in [2.24, 2.45) is 0 Å². The van der Waals surface area contributed by atoms with Gasteiger partial charge in [0.1, 0.15) is 15.3 Å². The molecule has 0 fully saturated rings. The highest BCUT2D eigenvalue weighted by atomic mass is 79.9. The topological polar surface area (TPSA) is 46.0 Å². The fraction of sp³-hybridized carbons (Fsp3) is 0.0909. The average Bonchev–Trinajstić information content (AvgIpc) is 2.28. The first kappa shape index (κ1) is 11.7. The van der Waals surface area contributed by atoms with Crippen LogP contribution in [0.25, 0.3) is 0 Å². The van der Waals surface area contributed by atoms with Gasteiger partial charge >= 0.3 is 0 Å². The lowest BCUT2D eigenvalue weighted by Crippen LogP contribution is -2.04. The van der Waals surface area contributed by atoms with Crippen LogP contribution < -0.4 is 0 Å². The highest BCUT2D eigenvalue weighted by molar-refractivity contribution is 9.10. The summed E-state index contributed by atoms with van der Waals surface area (Å²) in [5, 5.41) is 10.1. The fourth-order valence-corrected chi connectivity index (χ4v) is 2.02. The minimum absolute atomic E-state index is 0.569. The van der Waals surface area contributed by atoms with Crippen LogP contribution in [0, 0.1) is 0 Å². The summed E-state index contributed by atoms with van der Waals surface area (Å²) in [6, 6.07) is 10.8. The van der Waals surface area contributed by atoms with Gasteiger partial charge in [0.25, 0.3) is 0 Å². The van der Waals surface area contributed by atoms with Gasteiger partial charge < -0.3 is 5.11 Å². The van der Waals surface area contributed by atoms with E-state index in [1.165, 1.54) is 0 Å². The molecule has 2 aromatic rings. The van der Waals surface area contributed by atoms with Gasteiger partial charge in [-0.15, -0.1) is 0 Å². The summed E-state index contributed by atoms with van der Waals surface area (Å²) in [6.07, 6.45) is -0.810. The van der Waals surface area contributed by atoms with Crippen molar-refractivity contribution < 1.29 is 5.11 Å². The maximum Gasteiger partial charge on any atom is 0.138 e. The molecule has 0 amide bonds. The second kappa shape index (κ2) is 5.03. The number of hydrogen-bond acceptors (Lipinski definition) is 3. The summed E-state index contributed by atoms with van der Waals surface area (Å²) in [5.74, 6) is 0. The molecular formula is C11H8Br2N2O. The van der Waals surface area contributed by atoms with E-state index in [0.717, 1.165) is 0 Å². The van der Waals surface area contributed by atoms with E-state index in [-0.39, 0.29) is 0 Å². The van der Waals surface area contributed by atoms with Gasteiger partial charge in [0.15, 0.2) is 0 Å². The first-order valence-electron chi connectivity index (χ1n) is 4.60. The molecule has 0 saturated heterocycles. The maximum atomic E-state index is 10.1. The predicted molar refractivity (Wildman–Crippen MR) is 67.9 cm³/mol. The molecule has 0 aliphatic rings. The molecular weight excluding hydrogens is 336 g/mol. The van der Waals surface area contributed by atoms with Crippen LogP contribution in [0.5, 0.6) is 0 Å². The lowest BCUT2D eigenvalue weighted by molar-refractivity contribution is 0.210. The van der Waals surface area contributed by atoms with E-state index in [2.05, 4.69) is 41.8 Å². The summed E-state index contributed by atoms with van der Waals surface area (Å²) in [6.45, 7) is 0. The van der Waals surface area contributed by atoms with Crippen molar-refractivity contribution in [3.05, 3.63) is 57.0 Å². The zero-order valence-electron chi connectivity index (χ0n) is 8.14. The summed E-state index contributed by atoms with van der Waals surface area (Å²) in [7, 11) is 0. The van der Waals surface area contributed by atoms with Gasteiger partial charge in [0, 0.05) is 0 Å². The van der Waals surface area contributed by atoms with E-state index in [9.17, 15) is 5.11 Å². The van der Waals surface area contributed by atoms with Crippen LogP contribution in [0.1, 0.15) is 17.5 Å². The molecule has 2 heterocycles. The number of hydrogen-bond donors (Lipinski definition) is 1. The third-order valence-corrected chi connectivity index (χ3v) is 2.92. The van der Waals surface area contributed by atoms with Gasteiger partial charge in [-0.05, 0) is 56.1 Å². The lowest BCUT2D eigenvalue weighted by atomic mass is 10.1. The zero-order valence-corrected chi connectivity index (χ0v) is 11.3. The van der Waals surface area contributed by atoms with Crippen LogP contribution in [0.4, 0.5) is 0 Å². The van der Waals surface area contributed by atoms with Gasteiger partial charge in [-0.25, -0.2) is 9.97 Å². The van der Waals surface area contributed by atoms with Gasteiger partial charge in [0.2, 0.25) is 0 Å². The largest absolute Gasteiger partial charge is 0.380 e. The normalized spacial score (nSPS) is 10.8. The smallest absolute Gasteiger partial charge is 0.138 e. The molecule has 3 nitrogen and oxygen atoms in total. The lowest BCUT2D eigenvalue weighted by Gasteiger charge is -2.09. The van der Waals surface area contributed by atoms with E-state index in [1.54, 1.807) is 12.1 Å². The number of aromatic nitrogens is 2. The second-order valence-corrected chi connectivity index (χ2v) is 4.80. The first-order chi connectivity index (χ1) is 7.66. The predicted octanol–water partition coefficient (Wildman–Crippen LogP) is 3.08. The van der Waals surface area contributed by atoms with Gasteiger partial charge in [-0.2, -0.15) is 0 Å². The first-order valence-corrected chi connectivity index (χ1v) is 6.18. The van der Waals surface area contributed by atoms with Crippen molar-refractivity contribution in [2.45, 2.75) is 6.10 Å². The number of aliphatic hydroxyl groups is 1. The maximum absolute atomic E-state index is 10.1. The van der Waals surface area contributed by atoms with E-state index in [0.29, 0.717) is 20.6 Å². The van der Waals surface area contributed by atoms with Crippen LogP contribution in [0.15, 0.2) is 45.6 Å². The fourth-order valence-electron chi connectivity index (χ4n) is 1.30.